The highest BCUT2D eigenvalue weighted by atomic mass is 16.5. The Morgan fingerprint density at radius 3 is 1.77 bits per heavy atom. The first-order valence-electron chi connectivity index (χ1n) is 16.0. The van der Waals surface area contributed by atoms with E-state index < -0.39 is 23.8 Å². The first kappa shape index (κ1) is 35.4. The van der Waals surface area contributed by atoms with E-state index in [1.807, 2.05) is 30.3 Å². The van der Waals surface area contributed by atoms with Crippen LogP contribution < -0.4 is 21.3 Å². The summed E-state index contributed by atoms with van der Waals surface area (Å²) < 4.78 is 10.4. The molecule has 0 aliphatic heterocycles. The van der Waals surface area contributed by atoms with Crippen molar-refractivity contribution in [2.45, 2.75) is 69.9 Å². The third-order valence-corrected chi connectivity index (χ3v) is 8.25. The van der Waals surface area contributed by atoms with E-state index in [0.29, 0.717) is 6.42 Å². The number of aliphatic hydroxyl groups excluding tert-OH is 2. The zero-order chi connectivity index (χ0) is 31.6. The topological polar surface area (TPSA) is 175 Å². The zero-order valence-corrected chi connectivity index (χ0v) is 25.6. The van der Waals surface area contributed by atoms with Gasteiger partial charge in [0.1, 0.15) is 6.04 Å². The molecule has 0 aromatic heterocycles. The number of carbonyl (C=O) groups excluding carboxylic acids is 4. The fraction of sp³-hybridized carbons (Fsp3) is 0.688. The van der Waals surface area contributed by atoms with Gasteiger partial charge in [-0.3, -0.25) is 19.2 Å². The van der Waals surface area contributed by atoms with E-state index in [1.54, 1.807) is 0 Å². The summed E-state index contributed by atoms with van der Waals surface area (Å²) in [6.07, 6.45) is 6.25. The quantitative estimate of drug-likeness (QED) is 0.129. The molecule has 12 heteroatoms. The fourth-order valence-electron chi connectivity index (χ4n) is 5.97. The van der Waals surface area contributed by atoms with Crippen LogP contribution in [0, 0.1) is 17.8 Å². The predicted molar refractivity (Wildman–Crippen MR) is 163 cm³/mol. The molecule has 12 nitrogen and oxygen atoms in total. The van der Waals surface area contributed by atoms with Crippen molar-refractivity contribution in [2.75, 3.05) is 52.7 Å². The Labute approximate surface area is 260 Å². The summed E-state index contributed by atoms with van der Waals surface area (Å²) in [5, 5.41) is 29.5. The van der Waals surface area contributed by atoms with Crippen LogP contribution in [-0.4, -0.2) is 98.7 Å². The van der Waals surface area contributed by atoms with Crippen LogP contribution in [0.3, 0.4) is 0 Å². The van der Waals surface area contributed by atoms with Gasteiger partial charge in [-0.1, -0.05) is 49.6 Å². The molecule has 1 unspecified atom stereocenters. The summed E-state index contributed by atoms with van der Waals surface area (Å²) >= 11 is 0. The summed E-state index contributed by atoms with van der Waals surface area (Å²) in [6, 6.07) is 8.82. The molecule has 2 aliphatic carbocycles. The van der Waals surface area contributed by atoms with Gasteiger partial charge in [-0.25, -0.2) is 0 Å². The number of hydrogen-bond acceptors (Lipinski definition) is 8. The lowest BCUT2D eigenvalue weighted by molar-refractivity contribution is -0.137. The first-order valence-corrected chi connectivity index (χ1v) is 16.0. The predicted octanol–water partition coefficient (Wildman–Crippen LogP) is 0.446. The maximum Gasteiger partial charge on any atom is 0.243 e. The Morgan fingerprint density at radius 2 is 1.25 bits per heavy atom. The molecule has 1 aromatic rings. The van der Waals surface area contributed by atoms with Crippen molar-refractivity contribution in [3.63, 3.8) is 0 Å². The molecule has 0 saturated heterocycles. The normalized spacial score (nSPS) is 21.2. The Balaban J connectivity index is 1.69. The van der Waals surface area contributed by atoms with Gasteiger partial charge < -0.3 is 41.0 Å². The van der Waals surface area contributed by atoms with Gasteiger partial charge in [0.2, 0.25) is 23.6 Å². The minimum absolute atomic E-state index is 0.0879. The van der Waals surface area contributed by atoms with Crippen LogP contribution in [0.2, 0.25) is 0 Å². The van der Waals surface area contributed by atoms with Crippen LogP contribution in [0.4, 0.5) is 0 Å². The number of benzene rings is 1. The molecular weight excluding hydrogens is 568 g/mol. The van der Waals surface area contributed by atoms with Crippen molar-refractivity contribution in [3.05, 3.63) is 35.9 Å². The van der Waals surface area contributed by atoms with E-state index in [-0.39, 0.29) is 102 Å². The van der Waals surface area contributed by atoms with Crippen molar-refractivity contribution in [1.29, 1.82) is 0 Å². The van der Waals surface area contributed by atoms with Gasteiger partial charge in [-0.15, -0.1) is 0 Å². The molecule has 44 heavy (non-hydrogen) atoms. The number of hydrogen-bond donors (Lipinski definition) is 6. The van der Waals surface area contributed by atoms with Crippen molar-refractivity contribution in [3.8, 4) is 0 Å². The van der Waals surface area contributed by atoms with Gasteiger partial charge in [-0.05, 0) is 37.7 Å². The van der Waals surface area contributed by atoms with Gasteiger partial charge >= 0.3 is 0 Å². The Bertz CT molecular complexity index is 987. The summed E-state index contributed by atoms with van der Waals surface area (Å²) in [6.45, 7) is 1.07. The zero-order valence-electron chi connectivity index (χ0n) is 25.6. The number of nitrogens with one attached hydrogen (secondary N) is 4. The van der Waals surface area contributed by atoms with Crippen LogP contribution >= 0.6 is 0 Å². The van der Waals surface area contributed by atoms with E-state index in [2.05, 4.69) is 21.3 Å². The molecule has 0 radical (unpaired) electrons. The van der Waals surface area contributed by atoms with Crippen LogP contribution in [0.15, 0.2) is 30.3 Å². The standard InChI is InChI=1S/C32H50N4O8/c37-13-17-43-15-11-33-29(39)24-20-25(30(40)34-12-16-44-18-14-38)22-26(21-24)31(41)36-28(19-23-7-3-1-4-8-23)32(42)35-27-9-5-2-6-10-27/h1,3-4,7-8,24-28,37-38H,2,5-6,9-22H2,(H,33,39)(H,34,40)(H,35,42)(H,36,41)/t24-,25+,26?,28-/m0/s1. The molecule has 0 bridgehead atoms. The lowest BCUT2D eigenvalue weighted by Gasteiger charge is -2.34. The van der Waals surface area contributed by atoms with Gasteiger partial charge in [-0.2, -0.15) is 0 Å². The van der Waals surface area contributed by atoms with Crippen molar-refractivity contribution in [1.82, 2.24) is 21.3 Å². The third-order valence-electron chi connectivity index (χ3n) is 8.25. The summed E-state index contributed by atoms with van der Waals surface area (Å²) in [5.41, 5.74) is 0.918. The molecule has 0 spiro atoms. The minimum atomic E-state index is -0.791. The molecule has 3 rings (SSSR count). The number of amides is 4. The summed E-state index contributed by atoms with van der Waals surface area (Å²) in [5.74, 6) is -2.92. The highest BCUT2D eigenvalue weighted by Crippen LogP contribution is 2.34. The highest BCUT2D eigenvalue weighted by Gasteiger charge is 2.40. The summed E-state index contributed by atoms with van der Waals surface area (Å²) in [4.78, 5) is 53.4. The van der Waals surface area contributed by atoms with Crippen LogP contribution in [0.5, 0.6) is 0 Å². The average molecular weight is 619 g/mol. The largest absolute Gasteiger partial charge is 0.394 e. The first-order chi connectivity index (χ1) is 21.4. The van der Waals surface area contributed by atoms with Gasteiger partial charge in [0, 0.05) is 43.3 Å². The lowest BCUT2D eigenvalue weighted by atomic mass is 9.74. The number of carbonyl (C=O) groups is 4. The van der Waals surface area contributed by atoms with Crippen molar-refractivity contribution >= 4 is 23.6 Å². The molecule has 4 atom stereocenters. The minimum Gasteiger partial charge on any atom is -0.394 e. The number of aliphatic hydroxyl groups is 2. The van der Waals surface area contributed by atoms with Crippen molar-refractivity contribution in [2.24, 2.45) is 17.8 Å². The summed E-state index contributed by atoms with van der Waals surface area (Å²) in [7, 11) is 0. The molecule has 4 amide bonds. The van der Waals surface area contributed by atoms with E-state index in [9.17, 15) is 19.2 Å². The van der Waals surface area contributed by atoms with Crippen LogP contribution in [-0.2, 0) is 35.1 Å². The fourth-order valence-corrected chi connectivity index (χ4v) is 5.97. The number of rotatable bonds is 18. The molecular formula is C32H50N4O8. The second-order valence-corrected chi connectivity index (χ2v) is 11.6. The molecule has 2 aliphatic rings. The Hall–Kier alpha value is -3.06. The van der Waals surface area contributed by atoms with Crippen molar-refractivity contribution < 1.29 is 38.9 Å². The molecule has 2 fully saturated rings. The smallest absolute Gasteiger partial charge is 0.243 e. The third kappa shape index (κ3) is 12.5. The van der Waals surface area contributed by atoms with Gasteiger partial charge in [0.15, 0.2) is 0 Å². The maximum atomic E-state index is 13.8. The molecule has 6 N–H and O–H groups in total. The second-order valence-electron chi connectivity index (χ2n) is 11.6. The monoisotopic (exact) mass is 618 g/mol. The van der Waals surface area contributed by atoms with E-state index in [1.165, 1.54) is 0 Å². The lowest BCUT2D eigenvalue weighted by Crippen LogP contribution is -2.53. The highest BCUT2D eigenvalue weighted by molar-refractivity contribution is 5.90. The average Bonchev–Trinajstić information content (AvgIpc) is 3.04. The van der Waals surface area contributed by atoms with Crippen LogP contribution in [0.1, 0.15) is 56.9 Å². The molecule has 0 heterocycles. The number of ether oxygens (including phenoxy) is 2. The molecule has 2 saturated carbocycles. The Kier molecular flexibility index (Phi) is 16.2. The second kappa shape index (κ2) is 20.1. The van der Waals surface area contributed by atoms with Crippen LogP contribution in [0.25, 0.3) is 0 Å². The van der Waals surface area contributed by atoms with Gasteiger partial charge in [0.25, 0.3) is 0 Å². The van der Waals surface area contributed by atoms with E-state index in [4.69, 9.17) is 19.7 Å². The Morgan fingerprint density at radius 1 is 0.727 bits per heavy atom. The van der Waals surface area contributed by atoms with E-state index in [0.717, 1.165) is 37.7 Å². The SMILES string of the molecule is O=C(N[C@@H](Cc1ccccc1)C(=O)NC1CCCCC1)C1C[C@@H](C(=O)NCCOCCO)C[C@@H](C(=O)NCCOCCO)C1. The van der Waals surface area contributed by atoms with E-state index >= 15 is 0 Å². The maximum absolute atomic E-state index is 13.8. The molecule has 1 aromatic carbocycles. The van der Waals surface area contributed by atoms with Gasteiger partial charge in [0.05, 0.1) is 39.6 Å². The molecule has 246 valence electrons.